The lowest BCUT2D eigenvalue weighted by atomic mass is 10.1. The van der Waals surface area contributed by atoms with Crippen molar-refractivity contribution in [3.8, 4) is 5.75 Å². The average molecular weight is 432 g/mol. The van der Waals surface area contributed by atoms with Crippen molar-refractivity contribution < 1.29 is 14.3 Å². The molecule has 0 radical (unpaired) electrons. The maximum atomic E-state index is 12.6. The van der Waals surface area contributed by atoms with E-state index in [-0.39, 0.29) is 24.4 Å². The van der Waals surface area contributed by atoms with Crippen molar-refractivity contribution in [3.05, 3.63) is 90.0 Å². The van der Waals surface area contributed by atoms with Crippen LogP contribution in [0.5, 0.6) is 5.75 Å². The van der Waals surface area contributed by atoms with E-state index in [1.54, 1.807) is 24.3 Å². The third-order valence-corrected chi connectivity index (χ3v) is 4.82. The van der Waals surface area contributed by atoms with E-state index in [0.717, 1.165) is 17.7 Å². The third kappa shape index (κ3) is 6.87. The smallest absolute Gasteiger partial charge is 0.251 e. The van der Waals surface area contributed by atoms with Gasteiger partial charge in [-0.2, -0.15) is 0 Å². The van der Waals surface area contributed by atoms with Crippen LogP contribution in [0.2, 0.25) is 0 Å². The molecule has 0 saturated carbocycles. The summed E-state index contributed by atoms with van der Waals surface area (Å²) in [5.74, 6) is 0.365. The summed E-state index contributed by atoms with van der Waals surface area (Å²) in [4.78, 5) is 25.0. The molecule has 6 nitrogen and oxygen atoms in total. The van der Waals surface area contributed by atoms with Crippen molar-refractivity contribution in [3.63, 3.8) is 0 Å². The predicted octanol–water partition coefficient (Wildman–Crippen LogP) is 5.02. The van der Waals surface area contributed by atoms with Crippen LogP contribution in [0.15, 0.2) is 78.9 Å². The second kappa shape index (κ2) is 11.6. The zero-order valence-electron chi connectivity index (χ0n) is 18.4. The van der Waals surface area contributed by atoms with E-state index in [1.807, 2.05) is 68.4 Å². The van der Waals surface area contributed by atoms with Gasteiger partial charge in [0.25, 0.3) is 5.91 Å². The molecule has 0 saturated heterocycles. The number of carbonyl (C=O) groups excluding carboxylic acids is 2. The molecule has 32 heavy (non-hydrogen) atoms. The fourth-order valence-electron chi connectivity index (χ4n) is 3.15. The maximum absolute atomic E-state index is 12.6. The van der Waals surface area contributed by atoms with Crippen LogP contribution < -0.4 is 20.7 Å². The molecule has 1 atom stereocenters. The topological polar surface area (TPSA) is 79.5 Å². The number of hydrogen-bond donors (Lipinski definition) is 3. The third-order valence-electron chi connectivity index (χ3n) is 4.82. The second-order valence-corrected chi connectivity index (χ2v) is 7.46. The average Bonchev–Trinajstić information content (AvgIpc) is 2.82. The van der Waals surface area contributed by atoms with Gasteiger partial charge in [-0.15, -0.1) is 0 Å². The van der Waals surface area contributed by atoms with Crippen molar-refractivity contribution in [1.82, 2.24) is 5.32 Å². The number of hydrogen-bond acceptors (Lipinski definition) is 4. The molecule has 0 heterocycles. The number of anilines is 2. The predicted molar refractivity (Wildman–Crippen MR) is 128 cm³/mol. The summed E-state index contributed by atoms with van der Waals surface area (Å²) >= 11 is 0. The summed E-state index contributed by atoms with van der Waals surface area (Å²) < 4.78 is 5.59. The highest BCUT2D eigenvalue weighted by Gasteiger charge is 2.12. The summed E-state index contributed by atoms with van der Waals surface area (Å²) in [5, 5.41) is 8.92. The molecule has 2 amide bonds. The summed E-state index contributed by atoms with van der Waals surface area (Å²) in [5.41, 5.74) is 2.93. The summed E-state index contributed by atoms with van der Waals surface area (Å²) in [6, 6.07) is 24.1. The van der Waals surface area contributed by atoms with Gasteiger partial charge in [0.15, 0.2) is 0 Å². The van der Waals surface area contributed by atoms with Crippen LogP contribution >= 0.6 is 0 Å². The van der Waals surface area contributed by atoms with Crippen molar-refractivity contribution in [2.45, 2.75) is 26.3 Å². The Morgan fingerprint density at radius 3 is 2.44 bits per heavy atom. The van der Waals surface area contributed by atoms with Gasteiger partial charge in [0.1, 0.15) is 5.75 Å². The van der Waals surface area contributed by atoms with Gasteiger partial charge in [0.05, 0.1) is 19.2 Å². The molecule has 0 aromatic heterocycles. The van der Waals surface area contributed by atoms with Crippen LogP contribution in [-0.4, -0.2) is 25.0 Å². The van der Waals surface area contributed by atoms with Gasteiger partial charge in [0, 0.05) is 23.0 Å². The first kappa shape index (κ1) is 22.9. The normalized spacial score (nSPS) is 11.3. The molecule has 3 aromatic rings. The van der Waals surface area contributed by atoms with Crippen molar-refractivity contribution in [2.75, 3.05) is 23.8 Å². The van der Waals surface area contributed by atoms with E-state index in [4.69, 9.17) is 4.74 Å². The minimum absolute atomic E-state index is 0.0749. The number of ether oxygens (including phenoxy) is 1. The van der Waals surface area contributed by atoms with Crippen LogP contribution in [0.25, 0.3) is 0 Å². The molecule has 3 rings (SSSR count). The SMILES string of the molecule is CCCOc1cccc(NC(=O)CNc2cccc(C(=O)NC(C)c3ccccc3)c2)c1. The number of carbonyl (C=O) groups is 2. The van der Waals surface area contributed by atoms with E-state index in [2.05, 4.69) is 16.0 Å². The first-order valence-corrected chi connectivity index (χ1v) is 10.8. The summed E-state index contributed by atoms with van der Waals surface area (Å²) in [7, 11) is 0. The molecule has 3 aromatic carbocycles. The Morgan fingerprint density at radius 2 is 1.66 bits per heavy atom. The highest BCUT2D eigenvalue weighted by atomic mass is 16.5. The molecule has 0 aliphatic heterocycles. The van der Waals surface area contributed by atoms with Crippen molar-refractivity contribution in [2.24, 2.45) is 0 Å². The lowest BCUT2D eigenvalue weighted by molar-refractivity contribution is -0.114. The second-order valence-electron chi connectivity index (χ2n) is 7.46. The molecule has 3 N–H and O–H groups in total. The number of rotatable bonds is 10. The molecular formula is C26H29N3O3. The lowest BCUT2D eigenvalue weighted by Gasteiger charge is -2.15. The first-order valence-electron chi connectivity index (χ1n) is 10.8. The molecule has 1 unspecified atom stereocenters. The number of benzene rings is 3. The maximum Gasteiger partial charge on any atom is 0.251 e. The monoisotopic (exact) mass is 431 g/mol. The van der Waals surface area contributed by atoms with Gasteiger partial charge in [0.2, 0.25) is 5.91 Å². The van der Waals surface area contributed by atoms with Gasteiger partial charge in [-0.3, -0.25) is 9.59 Å². The fraction of sp³-hybridized carbons (Fsp3) is 0.231. The number of amides is 2. The van der Waals surface area contributed by atoms with E-state index < -0.39 is 0 Å². The van der Waals surface area contributed by atoms with Crippen LogP contribution in [0.3, 0.4) is 0 Å². The van der Waals surface area contributed by atoms with Crippen LogP contribution in [0.1, 0.15) is 42.2 Å². The van der Waals surface area contributed by atoms with E-state index in [1.165, 1.54) is 0 Å². The molecule has 0 bridgehead atoms. The Labute approximate surface area is 189 Å². The molecule has 0 aliphatic rings. The van der Waals surface area contributed by atoms with Gasteiger partial charge < -0.3 is 20.7 Å². The lowest BCUT2D eigenvalue weighted by Crippen LogP contribution is -2.26. The van der Waals surface area contributed by atoms with E-state index in [0.29, 0.717) is 23.5 Å². The minimum Gasteiger partial charge on any atom is -0.494 e. The first-order chi connectivity index (χ1) is 15.5. The molecular weight excluding hydrogens is 402 g/mol. The Morgan fingerprint density at radius 1 is 0.906 bits per heavy atom. The van der Waals surface area contributed by atoms with Gasteiger partial charge in [-0.05, 0) is 49.2 Å². The van der Waals surface area contributed by atoms with Crippen LogP contribution in [0.4, 0.5) is 11.4 Å². The zero-order valence-corrected chi connectivity index (χ0v) is 18.4. The van der Waals surface area contributed by atoms with Gasteiger partial charge in [-0.1, -0.05) is 49.4 Å². The Bertz CT molecular complexity index is 1040. The van der Waals surface area contributed by atoms with Crippen molar-refractivity contribution in [1.29, 1.82) is 0 Å². The van der Waals surface area contributed by atoms with Crippen LogP contribution in [0, 0.1) is 0 Å². The minimum atomic E-state index is -0.190. The molecule has 6 heteroatoms. The largest absolute Gasteiger partial charge is 0.494 e. The van der Waals surface area contributed by atoms with Gasteiger partial charge >= 0.3 is 0 Å². The summed E-state index contributed by atoms with van der Waals surface area (Å²) in [6.45, 7) is 4.69. The molecule has 0 aliphatic carbocycles. The molecule has 166 valence electrons. The molecule has 0 fully saturated rings. The molecule has 0 spiro atoms. The Kier molecular flexibility index (Phi) is 8.26. The fourth-order valence-corrected chi connectivity index (χ4v) is 3.15. The summed E-state index contributed by atoms with van der Waals surface area (Å²) in [6.07, 6.45) is 0.919. The van der Waals surface area contributed by atoms with Crippen LogP contribution in [-0.2, 0) is 4.79 Å². The quantitative estimate of drug-likeness (QED) is 0.421. The standard InChI is InChI=1S/C26H29N3O3/c1-3-15-32-24-14-8-13-23(17-24)29-25(30)18-27-22-12-7-11-21(16-22)26(31)28-19(2)20-9-5-4-6-10-20/h4-14,16-17,19,27H,3,15,18H2,1-2H3,(H,28,31)(H,29,30). The van der Waals surface area contributed by atoms with E-state index >= 15 is 0 Å². The Balaban J connectivity index is 1.53. The highest BCUT2D eigenvalue weighted by molar-refractivity contribution is 5.96. The van der Waals surface area contributed by atoms with Crippen molar-refractivity contribution >= 4 is 23.2 Å². The van der Waals surface area contributed by atoms with E-state index in [9.17, 15) is 9.59 Å². The number of nitrogens with one attached hydrogen (secondary N) is 3. The highest BCUT2D eigenvalue weighted by Crippen LogP contribution is 2.18. The van der Waals surface area contributed by atoms with Gasteiger partial charge in [-0.25, -0.2) is 0 Å². The Hall–Kier alpha value is -3.80. The zero-order chi connectivity index (χ0) is 22.8.